The molecule has 10 heteroatoms. The van der Waals surface area contributed by atoms with Crippen LogP contribution in [0, 0.1) is 10.1 Å². The van der Waals surface area contributed by atoms with E-state index in [-0.39, 0.29) is 17.8 Å². The number of anilines is 1. The number of nitrogens with two attached hydrogens (primary N) is 1. The van der Waals surface area contributed by atoms with Gasteiger partial charge in [-0.25, -0.2) is 0 Å². The number of unbranched alkanes of at least 4 members (excludes halogenated alkanes) is 2. The van der Waals surface area contributed by atoms with Gasteiger partial charge in [0.05, 0.1) is 4.92 Å². The molecule has 0 aliphatic heterocycles. The van der Waals surface area contributed by atoms with E-state index in [2.05, 4.69) is 20.2 Å². The maximum absolute atomic E-state index is 11.0. The Kier molecular flexibility index (Phi) is 7.17. The van der Waals surface area contributed by atoms with Crippen LogP contribution in [0.25, 0.3) is 10.4 Å². The van der Waals surface area contributed by atoms with Crippen LogP contribution in [-0.2, 0) is 9.63 Å². The molecular weight excluding hydrogens is 292 g/mol. The van der Waals surface area contributed by atoms with Gasteiger partial charge in [-0.15, -0.1) is 0 Å². The number of nitrogens with zero attached hydrogens (tertiary/aromatic N) is 4. The number of hydrogen-bond donors (Lipinski definition) is 2. The van der Waals surface area contributed by atoms with Crippen LogP contribution in [0.1, 0.15) is 25.7 Å². The molecule has 3 N–H and O–H groups in total. The van der Waals surface area contributed by atoms with Crippen LogP contribution < -0.4 is 11.2 Å². The molecule has 0 atom stereocenters. The molecule has 0 amide bonds. The third kappa shape index (κ3) is 5.65. The lowest BCUT2D eigenvalue weighted by molar-refractivity contribution is -0.383. The van der Waals surface area contributed by atoms with Crippen molar-refractivity contribution < 1.29 is 14.6 Å². The quantitative estimate of drug-likeness (QED) is 0.178. The third-order valence-electron chi connectivity index (χ3n) is 2.84. The average molecular weight is 308 g/mol. The van der Waals surface area contributed by atoms with Crippen molar-refractivity contribution in [1.82, 2.24) is 0 Å². The lowest BCUT2D eigenvalue weighted by Crippen LogP contribution is -2.09. The van der Waals surface area contributed by atoms with Crippen molar-refractivity contribution in [3.05, 3.63) is 38.8 Å². The van der Waals surface area contributed by atoms with E-state index in [1.807, 2.05) is 0 Å². The summed E-state index contributed by atoms with van der Waals surface area (Å²) in [4.78, 5) is 27.9. The van der Waals surface area contributed by atoms with Gasteiger partial charge in [-0.3, -0.25) is 14.9 Å². The Bertz CT molecular complexity index is 585. The van der Waals surface area contributed by atoms with Crippen LogP contribution >= 0.6 is 0 Å². The molecule has 118 valence electrons. The number of azide groups is 1. The van der Waals surface area contributed by atoms with Gasteiger partial charge in [0, 0.05) is 29.6 Å². The van der Waals surface area contributed by atoms with Gasteiger partial charge in [0.2, 0.25) is 0 Å². The van der Waals surface area contributed by atoms with Crippen molar-refractivity contribution in [1.29, 1.82) is 0 Å². The molecule has 0 aliphatic rings. The van der Waals surface area contributed by atoms with E-state index in [1.165, 1.54) is 18.2 Å². The number of rotatable bonds is 9. The maximum atomic E-state index is 11.0. The van der Waals surface area contributed by atoms with Gasteiger partial charge < -0.3 is 10.2 Å². The number of benzene rings is 1. The van der Waals surface area contributed by atoms with Gasteiger partial charge >= 0.3 is 5.97 Å². The molecule has 0 aliphatic carbocycles. The van der Waals surface area contributed by atoms with Crippen molar-refractivity contribution in [2.75, 3.05) is 11.9 Å². The minimum Gasteiger partial charge on any atom is -0.379 e. The molecule has 0 fully saturated rings. The topological polar surface area (TPSA) is 156 Å². The zero-order valence-electron chi connectivity index (χ0n) is 11.8. The lowest BCUT2D eigenvalue weighted by Gasteiger charge is -2.07. The molecule has 1 aromatic rings. The summed E-state index contributed by atoms with van der Waals surface area (Å²) in [7, 11) is 0. The van der Waals surface area contributed by atoms with E-state index in [1.54, 1.807) is 0 Å². The molecule has 0 saturated heterocycles. The average Bonchev–Trinajstić information content (AvgIpc) is 2.51. The van der Waals surface area contributed by atoms with Crippen molar-refractivity contribution in [3.63, 3.8) is 0 Å². The summed E-state index contributed by atoms with van der Waals surface area (Å²) >= 11 is 0. The van der Waals surface area contributed by atoms with Gasteiger partial charge in [-0.05, 0) is 24.4 Å². The molecule has 0 aromatic heterocycles. The molecule has 10 nitrogen and oxygen atoms in total. The maximum Gasteiger partial charge on any atom is 0.324 e. The van der Waals surface area contributed by atoms with Gasteiger partial charge in [0.1, 0.15) is 5.69 Å². The van der Waals surface area contributed by atoms with E-state index >= 15 is 0 Å². The molecule has 22 heavy (non-hydrogen) atoms. The van der Waals surface area contributed by atoms with Crippen molar-refractivity contribution in [3.8, 4) is 0 Å². The summed E-state index contributed by atoms with van der Waals surface area (Å²) in [6.45, 7) is 0.513. The highest BCUT2D eigenvalue weighted by Crippen LogP contribution is 2.29. The molecule has 0 bridgehead atoms. The Morgan fingerprint density at radius 1 is 1.45 bits per heavy atom. The van der Waals surface area contributed by atoms with E-state index in [9.17, 15) is 14.9 Å². The summed E-state index contributed by atoms with van der Waals surface area (Å²) in [5.74, 6) is 4.25. The smallest absolute Gasteiger partial charge is 0.324 e. The van der Waals surface area contributed by atoms with Crippen molar-refractivity contribution in [2.45, 2.75) is 25.7 Å². The summed E-state index contributed by atoms with van der Waals surface area (Å²) in [6, 6.07) is 4.19. The fourth-order valence-corrected chi connectivity index (χ4v) is 1.79. The van der Waals surface area contributed by atoms with Gasteiger partial charge in [-0.1, -0.05) is 17.6 Å². The summed E-state index contributed by atoms with van der Waals surface area (Å²) in [5, 5.41) is 17.3. The van der Waals surface area contributed by atoms with Crippen LogP contribution in [0.4, 0.5) is 17.1 Å². The first kappa shape index (κ1) is 17.2. The third-order valence-corrected chi connectivity index (χ3v) is 2.84. The Labute approximate surface area is 126 Å². The first-order valence-electron chi connectivity index (χ1n) is 6.55. The molecule has 1 aromatic carbocycles. The zero-order valence-corrected chi connectivity index (χ0v) is 11.8. The van der Waals surface area contributed by atoms with E-state index in [0.717, 1.165) is 12.8 Å². The number of nitro benzene ring substituents is 1. The molecule has 1 rings (SSSR count). The van der Waals surface area contributed by atoms with Crippen LogP contribution in [0.15, 0.2) is 23.3 Å². The molecular formula is C12H16N6O4. The van der Waals surface area contributed by atoms with Gasteiger partial charge in [0.25, 0.3) is 5.69 Å². The highest BCUT2D eigenvalue weighted by atomic mass is 16.7. The predicted octanol–water partition coefficient (Wildman–Crippen LogP) is 2.93. The summed E-state index contributed by atoms with van der Waals surface area (Å²) in [5.41, 5.74) is 8.71. The zero-order chi connectivity index (χ0) is 16.4. The molecule has 0 radical (unpaired) electrons. The SMILES string of the molecule is [N-]=[N+]=Nc1ccc(NCCCCCC(=O)ON)c([N+](=O)[O-])c1. The van der Waals surface area contributed by atoms with Crippen LogP contribution in [0.5, 0.6) is 0 Å². The Morgan fingerprint density at radius 2 is 2.23 bits per heavy atom. The Balaban J connectivity index is 2.50. The second kappa shape index (κ2) is 9.16. The summed E-state index contributed by atoms with van der Waals surface area (Å²) < 4.78 is 0. The normalized spacial score (nSPS) is 9.68. The van der Waals surface area contributed by atoms with E-state index in [4.69, 9.17) is 11.4 Å². The Morgan fingerprint density at radius 3 is 2.86 bits per heavy atom. The highest BCUT2D eigenvalue weighted by Gasteiger charge is 2.13. The molecule has 0 unspecified atom stereocenters. The monoisotopic (exact) mass is 308 g/mol. The number of nitro groups is 1. The first-order valence-corrected chi connectivity index (χ1v) is 6.55. The predicted molar refractivity (Wildman–Crippen MR) is 79.1 cm³/mol. The second-order valence-corrected chi connectivity index (χ2v) is 4.38. The largest absolute Gasteiger partial charge is 0.379 e. The minimum atomic E-state index is -0.546. The second-order valence-electron chi connectivity index (χ2n) is 4.38. The number of hydrogen-bond acceptors (Lipinski definition) is 7. The minimum absolute atomic E-state index is 0.156. The number of nitrogens with one attached hydrogen (secondary N) is 1. The summed E-state index contributed by atoms with van der Waals surface area (Å²) in [6.07, 6.45) is 2.37. The van der Waals surface area contributed by atoms with E-state index in [0.29, 0.717) is 18.7 Å². The standard InChI is InChI=1S/C12H16N6O4/c13-17-16-9-5-6-10(11(8-9)18(20)21)15-7-3-1-2-4-12(19)22-14/h5-6,8,15H,1-4,7,14H2. The van der Waals surface area contributed by atoms with E-state index < -0.39 is 10.9 Å². The molecule has 0 heterocycles. The lowest BCUT2D eigenvalue weighted by atomic mass is 10.2. The first-order chi connectivity index (χ1) is 10.6. The number of carbonyl (C=O) groups excluding carboxylic acids is 1. The molecule has 0 spiro atoms. The van der Waals surface area contributed by atoms with Crippen molar-refractivity contribution in [2.24, 2.45) is 11.0 Å². The fraction of sp³-hybridized carbons (Fsp3) is 0.417. The van der Waals surface area contributed by atoms with Crippen LogP contribution in [0.3, 0.4) is 0 Å². The fourth-order valence-electron chi connectivity index (χ4n) is 1.79. The number of carbonyl (C=O) groups is 1. The highest BCUT2D eigenvalue weighted by molar-refractivity contribution is 5.68. The van der Waals surface area contributed by atoms with Crippen molar-refractivity contribution >= 4 is 23.0 Å². The molecule has 0 saturated carbocycles. The van der Waals surface area contributed by atoms with Crippen LogP contribution in [0.2, 0.25) is 0 Å². The van der Waals surface area contributed by atoms with Crippen LogP contribution in [-0.4, -0.2) is 17.4 Å². The van der Waals surface area contributed by atoms with Gasteiger partial charge in [0.15, 0.2) is 0 Å². The Hall–Kier alpha value is -2.84. The van der Waals surface area contributed by atoms with Gasteiger partial charge in [-0.2, -0.15) is 5.90 Å².